The third kappa shape index (κ3) is 3.86. The highest BCUT2D eigenvalue weighted by Gasteiger charge is 2.27. The molecule has 0 atom stereocenters. The first-order valence-corrected chi connectivity index (χ1v) is 9.75. The molecule has 0 aliphatic carbocycles. The maximum atomic E-state index is 12.5. The second-order valence-electron chi connectivity index (χ2n) is 6.20. The smallest absolute Gasteiger partial charge is 0.338 e. The summed E-state index contributed by atoms with van der Waals surface area (Å²) >= 11 is 0. The number of ether oxygens (including phenoxy) is 1. The minimum atomic E-state index is -3.50. The van der Waals surface area contributed by atoms with E-state index >= 15 is 0 Å². The monoisotopic (exact) mass is 376 g/mol. The Morgan fingerprint density at radius 1 is 1.12 bits per heavy atom. The number of pyridine rings is 1. The molecule has 0 N–H and O–H groups in total. The number of benzene rings is 1. The zero-order valence-electron chi connectivity index (χ0n) is 14.4. The number of hydrogen-bond donors (Lipinski definition) is 0. The average molecular weight is 376 g/mol. The highest BCUT2D eigenvalue weighted by molar-refractivity contribution is 7.89. The lowest BCUT2D eigenvalue weighted by molar-refractivity contribution is 0.0472. The maximum Gasteiger partial charge on any atom is 0.338 e. The number of sulfonamides is 1. The van der Waals surface area contributed by atoms with E-state index in [4.69, 9.17) is 4.74 Å². The van der Waals surface area contributed by atoms with Crippen LogP contribution < -0.4 is 5.56 Å². The van der Waals surface area contributed by atoms with Crippen molar-refractivity contribution >= 4 is 16.0 Å². The van der Waals surface area contributed by atoms with Crippen LogP contribution in [0.15, 0.2) is 52.3 Å². The Bertz CT molecular complexity index is 958. The van der Waals surface area contributed by atoms with Crippen LogP contribution in [0.25, 0.3) is 0 Å². The number of hydrogen-bond acceptors (Lipinski definition) is 5. The number of rotatable bonds is 5. The van der Waals surface area contributed by atoms with Gasteiger partial charge >= 0.3 is 5.97 Å². The van der Waals surface area contributed by atoms with E-state index in [1.165, 1.54) is 39.2 Å². The number of aromatic nitrogens is 1. The molecule has 26 heavy (non-hydrogen) atoms. The molecular formula is C18H20N2O5S. The van der Waals surface area contributed by atoms with Crippen molar-refractivity contribution in [2.24, 2.45) is 7.05 Å². The fraction of sp³-hybridized carbons (Fsp3) is 0.333. The van der Waals surface area contributed by atoms with Crippen molar-refractivity contribution in [1.82, 2.24) is 8.87 Å². The molecule has 3 rings (SSSR count). The Morgan fingerprint density at radius 2 is 1.77 bits per heavy atom. The Morgan fingerprint density at radius 3 is 2.38 bits per heavy atom. The van der Waals surface area contributed by atoms with Crippen LogP contribution in [0.1, 0.15) is 28.8 Å². The van der Waals surface area contributed by atoms with Crippen molar-refractivity contribution in [2.45, 2.75) is 24.3 Å². The predicted octanol–water partition coefficient (Wildman–Crippen LogP) is 1.53. The highest BCUT2D eigenvalue weighted by atomic mass is 32.2. The van der Waals surface area contributed by atoms with Gasteiger partial charge in [0.2, 0.25) is 10.0 Å². The molecule has 1 saturated heterocycles. The van der Waals surface area contributed by atoms with Crippen LogP contribution >= 0.6 is 0 Å². The topological polar surface area (TPSA) is 85.7 Å². The molecule has 138 valence electrons. The molecule has 2 aromatic rings. The van der Waals surface area contributed by atoms with Crippen LogP contribution in [0.3, 0.4) is 0 Å². The van der Waals surface area contributed by atoms with Gasteiger partial charge in [0.15, 0.2) is 0 Å². The van der Waals surface area contributed by atoms with Crippen LogP contribution in [-0.4, -0.2) is 36.3 Å². The second kappa shape index (κ2) is 7.43. The zero-order chi connectivity index (χ0) is 18.7. The van der Waals surface area contributed by atoms with Gasteiger partial charge < -0.3 is 9.30 Å². The molecule has 1 aromatic heterocycles. The van der Waals surface area contributed by atoms with Gasteiger partial charge in [-0.3, -0.25) is 4.79 Å². The zero-order valence-corrected chi connectivity index (χ0v) is 15.2. The predicted molar refractivity (Wildman–Crippen MR) is 95.2 cm³/mol. The third-order valence-corrected chi connectivity index (χ3v) is 6.24. The highest BCUT2D eigenvalue weighted by Crippen LogP contribution is 2.21. The van der Waals surface area contributed by atoms with Crippen molar-refractivity contribution in [3.05, 3.63) is 64.1 Å². The van der Waals surface area contributed by atoms with Crippen molar-refractivity contribution in [2.75, 3.05) is 13.1 Å². The van der Waals surface area contributed by atoms with Gasteiger partial charge in [0, 0.05) is 32.4 Å². The van der Waals surface area contributed by atoms with Crippen LogP contribution in [0.4, 0.5) is 0 Å². The van der Waals surface area contributed by atoms with Gasteiger partial charge in [-0.25, -0.2) is 13.2 Å². The first-order chi connectivity index (χ1) is 12.4. The molecule has 7 nitrogen and oxygen atoms in total. The summed E-state index contributed by atoms with van der Waals surface area (Å²) in [6.07, 6.45) is 3.34. The second-order valence-corrected chi connectivity index (χ2v) is 8.13. The number of nitrogens with zero attached hydrogens (tertiary/aromatic N) is 2. The van der Waals surface area contributed by atoms with Gasteiger partial charge in [-0.15, -0.1) is 0 Å². The Hall–Kier alpha value is -2.45. The third-order valence-electron chi connectivity index (χ3n) is 4.33. The van der Waals surface area contributed by atoms with Gasteiger partial charge in [0.1, 0.15) is 6.61 Å². The molecule has 0 amide bonds. The molecule has 2 heterocycles. The lowest BCUT2D eigenvalue weighted by Crippen LogP contribution is -2.27. The van der Waals surface area contributed by atoms with E-state index in [9.17, 15) is 18.0 Å². The van der Waals surface area contributed by atoms with Crippen molar-refractivity contribution < 1.29 is 17.9 Å². The van der Waals surface area contributed by atoms with Crippen molar-refractivity contribution in [3.8, 4) is 0 Å². The number of carbonyl (C=O) groups excluding carboxylic acids is 1. The molecule has 0 bridgehead atoms. The summed E-state index contributed by atoms with van der Waals surface area (Å²) in [6, 6.07) is 8.81. The van der Waals surface area contributed by atoms with Gasteiger partial charge in [-0.2, -0.15) is 4.31 Å². The molecule has 1 aliphatic rings. The van der Waals surface area contributed by atoms with Crippen LogP contribution in [0.2, 0.25) is 0 Å². The average Bonchev–Trinajstić information content (AvgIpc) is 3.18. The molecule has 1 fully saturated rings. The fourth-order valence-electron chi connectivity index (χ4n) is 2.75. The number of esters is 1. The van der Waals surface area contributed by atoms with E-state index in [1.807, 2.05) is 0 Å². The number of aryl methyl sites for hydroxylation is 1. The number of carbonyl (C=O) groups is 1. The van der Waals surface area contributed by atoms with Gasteiger partial charge in [-0.1, -0.05) is 0 Å². The molecule has 0 spiro atoms. The van der Waals surface area contributed by atoms with Gasteiger partial charge in [0.05, 0.1) is 10.5 Å². The van der Waals surface area contributed by atoms with Crippen LogP contribution in [-0.2, 0) is 28.4 Å². The van der Waals surface area contributed by atoms with Crippen molar-refractivity contribution in [1.29, 1.82) is 0 Å². The standard InChI is InChI=1S/C18H20N2O5S/c1-19-11-8-14(12-17(19)21)13-25-18(22)15-4-6-16(7-5-15)26(23,24)20-9-2-3-10-20/h4-8,11-12H,2-3,9-10,13H2,1H3. The Balaban J connectivity index is 1.67. The summed E-state index contributed by atoms with van der Waals surface area (Å²) < 4.78 is 33.0. The molecule has 0 radical (unpaired) electrons. The first kappa shape index (κ1) is 18.3. The molecule has 1 aromatic carbocycles. The minimum absolute atomic E-state index is 0.0251. The summed E-state index contributed by atoms with van der Waals surface area (Å²) in [4.78, 5) is 23.8. The SMILES string of the molecule is Cn1ccc(COC(=O)c2ccc(S(=O)(=O)N3CCCC3)cc2)cc1=O. The van der Waals surface area contributed by atoms with E-state index in [1.54, 1.807) is 19.3 Å². The van der Waals surface area contributed by atoms with E-state index < -0.39 is 16.0 Å². The van der Waals surface area contributed by atoms with Crippen LogP contribution in [0, 0.1) is 0 Å². The molecule has 1 aliphatic heterocycles. The fourth-order valence-corrected chi connectivity index (χ4v) is 4.27. The van der Waals surface area contributed by atoms with E-state index in [-0.39, 0.29) is 22.6 Å². The quantitative estimate of drug-likeness (QED) is 0.739. The summed E-state index contributed by atoms with van der Waals surface area (Å²) in [5, 5.41) is 0. The summed E-state index contributed by atoms with van der Waals surface area (Å²) in [5.41, 5.74) is 0.666. The summed E-state index contributed by atoms with van der Waals surface area (Å²) in [6.45, 7) is 1.04. The molecule has 0 saturated carbocycles. The first-order valence-electron chi connectivity index (χ1n) is 8.31. The van der Waals surface area contributed by atoms with E-state index in [0.29, 0.717) is 18.7 Å². The maximum absolute atomic E-state index is 12.5. The van der Waals surface area contributed by atoms with Crippen molar-refractivity contribution in [3.63, 3.8) is 0 Å². The molecule has 8 heteroatoms. The lowest BCUT2D eigenvalue weighted by Gasteiger charge is -2.15. The molecular weight excluding hydrogens is 356 g/mol. The minimum Gasteiger partial charge on any atom is -0.457 e. The lowest BCUT2D eigenvalue weighted by atomic mass is 10.2. The van der Waals surface area contributed by atoms with Gasteiger partial charge in [0.25, 0.3) is 5.56 Å². The van der Waals surface area contributed by atoms with E-state index in [2.05, 4.69) is 0 Å². The van der Waals surface area contributed by atoms with Crippen LogP contribution in [0.5, 0.6) is 0 Å². The van der Waals surface area contributed by atoms with Gasteiger partial charge in [-0.05, 0) is 48.7 Å². The van der Waals surface area contributed by atoms with E-state index in [0.717, 1.165) is 12.8 Å². The Kier molecular flexibility index (Phi) is 5.24. The summed E-state index contributed by atoms with van der Waals surface area (Å²) in [5.74, 6) is -0.573. The molecule has 0 unspecified atom stereocenters. The summed E-state index contributed by atoms with van der Waals surface area (Å²) in [7, 11) is -1.87. The normalized spacial score (nSPS) is 15.1. The Labute approximate surface area is 151 Å². The largest absolute Gasteiger partial charge is 0.457 e.